The van der Waals surface area contributed by atoms with Gasteiger partial charge in [0.1, 0.15) is 5.75 Å². The lowest BCUT2D eigenvalue weighted by Crippen LogP contribution is -2.44. The van der Waals surface area contributed by atoms with E-state index < -0.39 is 5.54 Å². The molecular formula is C14H19ClN2O2. The first kappa shape index (κ1) is 14.2. The molecular weight excluding hydrogens is 264 g/mol. The molecule has 0 aromatic heterocycles. The van der Waals surface area contributed by atoms with Gasteiger partial charge in [-0.05, 0) is 31.4 Å². The highest BCUT2D eigenvalue weighted by atomic mass is 35.5. The molecule has 2 N–H and O–H groups in total. The third kappa shape index (κ3) is 3.61. The van der Waals surface area contributed by atoms with E-state index in [4.69, 9.17) is 22.1 Å². The number of para-hydroxylation sites is 1. The molecule has 1 aliphatic rings. The van der Waals surface area contributed by atoms with E-state index >= 15 is 0 Å². The molecule has 0 heterocycles. The number of rotatable bonds is 6. The average molecular weight is 283 g/mol. The standard InChI is InChI=1S/C14H19ClN2O2/c1-17(13(18)14(16)7-8-14)9-4-10-19-12-6-3-2-5-11(12)15/h2-3,5-6H,4,7-10,16H2,1H3. The number of hydrogen-bond acceptors (Lipinski definition) is 3. The zero-order chi connectivity index (χ0) is 13.9. The van der Waals surface area contributed by atoms with Crippen LogP contribution in [0.3, 0.4) is 0 Å². The highest BCUT2D eigenvalue weighted by Crippen LogP contribution is 2.33. The molecule has 2 rings (SSSR count). The average Bonchev–Trinajstić information content (AvgIpc) is 3.14. The van der Waals surface area contributed by atoms with Crippen LogP contribution in [0.4, 0.5) is 0 Å². The summed E-state index contributed by atoms with van der Waals surface area (Å²) >= 11 is 5.98. The Kier molecular flexibility index (Phi) is 4.32. The van der Waals surface area contributed by atoms with Crippen molar-refractivity contribution in [1.29, 1.82) is 0 Å². The zero-order valence-electron chi connectivity index (χ0n) is 11.1. The number of carbonyl (C=O) groups excluding carboxylic acids is 1. The monoisotopic (exact) mass is 282 g/mol. The Labute approximate surface area is 118 Å². The number of amides is 1. The summed E-state index contributed by atoms with van der Waals surface area (Å²) in [5, 5.41) is 0.603. The van der Waals surface area contributed by atoms with Crippen LogP contribution in [0.5, 0.6) is 5.75 Å². The van der Waals surface area contributed by atoms with Gasteiger partial charge in [-0.2, -0.15) is 0 Å². The molecule has 1 amide bonds. The minimum Gasteiger partial charge on any atom is -0.492 e. The van der Waals surface area contributed by atoms with Crippen LogP contribution in [0.2, 0.25) is 5.02 Å². The van der Waals surface area contributed by atoms with Crippen LogP contribution in [0.1, 0.15) is 19.3 Å². The normalized spacial score (nSPS) is 15.9. The number of halogens is 1. The SMILES string of the molecule is CN(CCCOc1ccccc1Cl)C(=O)C1(N)CC1. The van der Waals surface area contributed by atoms with Gasteiger partial charge < -0.3 is 15.4 Å². The Morgan fingerprint density at radius 3 is 2.79 bits per heavy atom. The Morgan fingerprint density at radius 1 is 1.47 bits per heavy atom. The van der Waals surface area contributed by atoms with Gasteiger partial charge in [-0.3, -0.25) is 4.79 Å². The highest BCUT2D eigenvalue weighted by Gasteiger charge is 2.47. The molecule has 104 valence electrons. The molecule has 0 aliphatic heterocycles. The van der Waals surface area contributed by atoms with Gasteiger partial charge in [0, 0.05) is 13.6 Å². The second kappa shape index (κ2) is 5.80. The Bertz CT molecular complexity index is 461. The van der Waals surface area contributed by atoms with E-state index in [0.717, 1.165) is 19.3 Å². The fourth-order valence-corrected chi connectivity index (χ4v) is 2.07. The number of nitrogens with two attached hydrogens (primary N) is 1. The molecule has 4 nitrogen and oxygen atoms in total. The van der Waals surface area contributed by atoms with E-state index in [-0.39, 0.29) is 5.91 Å². The van der Waals surface area contributed by atoms with Crippen molar-refractivity contribution >= 4 is 17.5 Å². The van der Waals surface area contributed by atoms with Crippen molar-refractivity contribution in [2.75, 3.05) is 20.2 Å². The molecule has 1 aliphatic carbocycles. The molecule has 0 bridgehead atoms. The topological polar surface area (TPSA) is 55.6 Å². The number of hydrogen-bond donors (Lipinski definition) is 1. The van der Waals surface area contributed by atoms with Crippen molar-refractivity contribution in [3.8, 4) is 5.75 Å². The van der Waals surface area contributed by atoms with E-state index in [0.29, 0.717) is 23.9 Å². The van der Waals surface area contributed by atoms with Gasteiger partial charge in [0.25, 0.3) is 0 Å². The molecule has 19 heavy (non-hydrogen) atoms. The molecule has 1 aromatic carbocycles. The lowest BCUT2D eigenvalue weighted by Gasteiger charge is -2.20. The summed E-state index contributed by atoms with van der Waals surface area (Å²) in [6, 6.07) is 7.36. The summed E-state index contributed by atoms with van der Waals surface area (Å²) in [6.07, 6.45) is 2.35. The first-order valence-corrected chi connectivity index (χ1v) is 6.82. The summed E-state index contributed by atoms with van der Waals surface area (Å²) in [5.41, 5.74) is 5.28. The predicted octanol–water partition coefficient (Wildman–Crippen LogP) is 2.06. The maximum absolute atomic E-state index is 11.9. The fraction of sp³-hybridized carbons (Fsp3) is 0.500. The van der Waals surface area contributed by atoms with E-state index in [1.807, 2.05) is 18.2 Å². The van der Waals surface area contributed by atoms with Crippen LogP contribution >= 0.6 is 11.6 Å². The number of ether oxygens (including phenoxy) is 1. The van der Waals surface area contributed by atoms with Crippen molar-refractivity contribution in [3.05, 3.63) is 29.3 Å². The molecule has 0 unspecified atom stereocenters. The van der Waals surface area contributed by atoms with Gasteiger partial charge in [-0.1, -0.05) is 23.7 Å². The Morgan fingerprint density at radius 2 is 2.16 bits per heavy atom. The number of nitrogens with zero attached hydrogens (tertiary/aromatic N) is 1. The van der Waals surface area contributed by atoms with E-state index in [2.05, 4.69) is 0 Å². The molecule has 0 spiro atoms. The molecule has 1 fully saturated rings. The van der Waals surface area contributed by atoms with Gasteiger partial charge in [-0.25, -0.2) is 0 Å². The molecule has 0 saturated heterocycles. The number of benzene rings is 1. The van der Waals surface area contributed by atoms with E-state index in [1.54, 1.807) is 18.0 Å². The van der Waals surface area contributed by atoms with Crippen LogP contribution < -0.4 is 10.5 Å². The van der Waals surface area contributed by atoms with Crippen molar-refractivity contribution in [1.82, 2.24) is 4.90 Å². The Hall–Kier alpha value is -1.26. The largest absolute Gasteiger partial charge is 0.492 e. The van der Waals surface area contributed by atoms with Crippen LogP contribution in [0, 0.1) is 0 Å². The number of carbonyl (C=O) groups is 1. The van der Waals surface area contributed by atoms with Gasteiger partial charge in [-0.15, -0.1) is 0 Å². The van der Waals surface area contributed by atoms with Gasteiger partial charge >= 0.3 is 0 Å². The highest BCUT2D eigenvalue weighted by molar-refractivity contribution is 6.32. The second-order valence-electron chi connectivity index (χ2n) is 5.02. The zero-order valence-corrected chi connectivity index (χ0v) is 11.8. The molecule has 0 radical (unpaired) electrons. The van der Waals surface area contributed by atoms with Gasteiger partial charge in [0.15, 0.2) is 0 Å². The third-order valence-electron chi connectivity index (χ3n) is 3.29. The maximum atomic E-state index is 11.9. The first-order valence-electron chi connectivity index (χ1n) is 6.45. The molecule has 1 saturated carbocycles. The van der Waals surface area contributed by atoms with E-state index in [1.165, 1.54) is 0 Å². The smallest absolute Gasteiger partial charge is 0.242 e. The van der Waals surface area contributed by atoms with Crippen LogP contribution in [-0.2, 0) is 4.79 Å². The lowest BCUT2D eigenvalue weighted by atomic mass is 10.2. The second-order valence-corrected chi connectivity index (χ2v) is 5.42. The van der Waals surface area contributed by atoms with Gasteiger partial charge in [0.2, 0.25) is 5.91 Å². The minimum atomic E-state index is -0.585. The van der Waals surface area contributed by atoms with Crippen LogP contribution in [-0.4, -0.2) is 36.5 Å². The van der Waals surface area contributed by atoms with Crippen molar-refractivity contribution in [3.63, 3.8) is 0 Å². The summed E-state index contributed by atoms with van der Waals surface area (Å²) in [4.78, 5) is 13.6. The summed E-state index contributed by atoms with van der Waals surface area (Å²) < 4.78 is 5.57. The lowest BCUT2D eigenvalue weighted by molar-refractivity contribution is -0.132. The predicted molar refractivity (Wildman–Crippen MR) is 75.4 cm³/mol. The van der Waals surface area contributed by atoms with Crippen molar-refractivity contribution < 1.29 is 9.53 Å². The third-order valence-corrected chi connectivity index (χ3v) is 3.61. The van der Waals surface area contributed by atoms with Crippen molar-refractivity contribution in [2.24, 2.45) is 5.73 Å². The summed E-state index contributed by atoms with van der Waals surface area (Å²) in [5.74, 6) is 0.709. The van der Waals surface area contributed by atoms with Crippen LogP contribution in [0.25, 0.3) is 0 Å². The molecule has 0 atom stereocenters. The van der Waals surface area contributed by atoms with Gasteiger partial charge in [0.05, 0.1) is 17.2 Å². The van der Waals surface area contributed by atoms with Crippen LogP contribution in [0.15, 0.2) is 24.3 Å². The Balaban J connectivity index is 1.69. The number of likely N-dealkylation sites (N-methyl/N-ethyl adjacent to an activating group) is 1. The fourth-order valence-electron chi connectivity index (χ4n) is 1.88. The molecule has 5 heteroatoms. The van der Waals surface area contributed by atoms with Crippen molar-refractivity contribution in [2.45, 2.75) is 24.8 Å². The molecule has 1 aromatic rings. The summed E-state index contributed by atoms with van der Waals surface area (Å²) in [7, 11) is 1.78. The maximum Gasteiger partial charge on any atom is 0.242 e. The van der Waals surface area contributed by atoms with E-state index in [9.17, 15) is 4.79 Å². The minimum absolute atomic E-state index is 0.0326. The summed E-state index contributed by atoms with van der Waals surface area (Å²) in [6.45, 7) is 1.17. The first-order chi connectivity index (χ1) is 9.03. The quantitative estimate of drug-likeness (QED) is 0.813.